The number of fused-ring (bicyclic) bond motifs is 1. The number of imidazole rings is 1. The smallest absolute Gasteiger partial charge is 0.251 e. The highest BCUT2D eigenvalue weighted by molar-refractivity contribution is 9.10. The lowest BCUT2D eigenvalue weighted by Crippen LogP contribution is -2.00. The molecule has 1 aromatic carbocycles. The minimum Gasteiger partial charge on any atom is -0.419 e. The molecule has 0 atom stereocenters. The van der Waals surface area contributed by atoms with Crippen LogP contribution >= 0.6 is 27.5 Å². The topological polar surface area (TPSA) is 94.3 Å². The summed E-state index contributed by atoms with van der Waals surface area (Å²) in [5, 5.41) is 11.2. The molecule has 0 amide bonds. The molecule has 4 rings (SSSR count). The molecule has 0 unspecified atom stereocenters. The van der Waals surface area contributed by atoms with Crippen LogP contribution in [-0.2, 0) is 6.54 Å². The van der Waals surface area contributed by atoms with Crippen molar-refractivity contribution in [2.75, 3.05) is 5.32 Å². The molecule has 0 bridgehead atoms. The van der Waals surface area contributed by atoms with Crippen molar-refractivity contribution >= 4 is 44.6 Å². The van der Waals surface area contributed by atoms with Gasteiger partial charge in [0.15, 0.2) is 5.65 Å². The summed E-state index contributed by atoms with van der Waals surface area (Å²) in [6.07, 6.45) is 5.06. The zero-order chi connectivity index (χ0) is 18.3. The Labute approximate surface area is 160 Å². The fraction of sp³-hybridized carbons (Fsp3) is 0.0625. The summed E-state index contributed by atoms with van der Waals surface area (Å²) in [7, 11) is 0. The Morgan fingerprint density at radius 3 is 2.92 bits per heavy atom. The normalized spacial score (nSPS) is 11.2. The Morgan fingerprint density at radius 1 is 1.35 bits per heavy atom. The van der Waals surface area contributed by atoms with Gasteiger partial charge in [-0.05, 0) is 18.2 Å². The molecule has 132 valence electrons. The largest absolute Gasteiger partial charge is 0.419 e. The van der Waals surface area contributed by atoms with E-state index < -0.39 is 5.82 Å². The summed E-state index contributed by atoms with van der Waals surface area (Å²) in [4.78, 5) is 4.22. The maximum absolute atomic E-state index is 14.3. The Hall–Kier alpha value is -2.49. The van der Waals surface area contributed by atoms with Crippen LogP contribution in [0.25, 0.3) is 17.1 Å². The summed E-state index contributed by atoms with van der Waals surface area (Å²) in [5.74, 6) is 0.0448. The van der Waals surface area contributed by atoms with Gasteiger partial charge in [0.1, 0.15) is 10.8 Å². The molecule has 3 aromatic heterocycles. The first-order valence-electron chi connectivity index (χ1n) is 7.47. The fourth-order valence-electron chi connectivity index (χ4n) is 2.48. The third-order valence-corrected chi connectivity index (χ3v) is 4.54. The molecular weight excluding hydrogens is 427 g/mol. The van der Waals surface area contributed by atoms with Crippen molar-refractivity contribution in [1.29, 1.82) is 0 Å². The molecule has 0 aliphatic rings. The highest BCUT2D eigenvalue weighted by Gasteiger charge is 2.20. The Morgan fingerprint density at radius 2 is 2.19 bits per heavy atom. The van der Waals surface area contributed by atoms with Crippen molar-refractivity contribution in [3.05, 3.63) is 58.0 Å². The summed E-state index contributed by atoms with van der Waals surface area (Å²) in [6, 6.07) is 4.66. The number of aromatic nitrogens is 4. The van der Waals surface area contributed by atoms with Crippen molar-refractivity contribution in [2.45, 2.75) is 6.54 Å². The van der Waals surface area contributed by atoms with E-state index in [1.807, 2.05) is 0 Å². The standard InChI is InChI=1S/C16H11BrClFN6O/c17-8-1-2-11(10(19)5-8)22-14-9(16-24-23-12(6-20)26-16)7-25-4-3-21-15(25)13(14)18/h1-5,7,22H,6,20H2. The number of pyridine rings is 1. The van der Waals surface area contributed by atoms with Crippen LogP contribution in [0.2, 0.25) is 5.02 Å². The van der Waals surface area contributed by atoms with Crippen LogP contribution in [0.1, 0.15) is 5.89 Å². The van der Waals surface area contributed by atoms with E-state index in [9.17, 15) is 4.39 Å². The van der Waals surface area contributed by atoms with Crippen LogP contribution in [0.3, 0.4) is 0 Å². The van der Waals surface area contributed by atoms with Crippen molar-refractivity contribution in [2.24, 2.45) is 5.73 Å². The average molecular weight is 438 g/mol. The Bertz CT molecular complexity index is 1110. The van der Waals surface area contributed by atoms with Gasteiger partial charge >= 0.3 is 0 Å². The minimum atomic E-state index is -0.446. The minimum absolute atomic E-state index is 0.109. The van der Waals surface area contributed by atoms with E-state index in [4.69, 9.17) is 21.8 Å². The first-order chi connectivity index (χ1) is 12.6. The number of nitrogens with two attached hydrogens (primary N) is 1. The van der Waals surface area contributed by atoms with Gasteiger partial charge in [0.2, 0.25) is 5.89 Å². The van der Waals surface area contributed by atoms with E-state index in [0.717, 1.165) is 0 Å². The highest BCUT2D eigenvalue weighted by atomic mass is 79.9. The molecule has 26 heavy (non-hydrogen) atoms. The molecule has 3 heterocycles. The van der Waals surface area contributed by atoms with Crippen molar-refractivity contribution < 1.29 is 8.81 Å². The van der Waals surface area contributed by atoms with Crippen LogP contribution in [0.4, 0.5) is 15.8 Å². The van der Waals surface area contributed by atoms with Crippen LogP contribution in [0.5, 0.6) is 0 Å². The lowest BCUT2D eigenvalue weighted by molar-refractivity contribution is 0.508. The number of nitrogens with zero attached hydrogens (tertiary/aromatic N) is 4. The Kier molecular flexibility index (Phi) is 4.35. The zero-order valence-electron chi connectivity index (χ0n) is 13.1. The number of rotatable bonds is 4. The lowest BCUT2D eigenvalue weighted by Gasteiger charge is -2.14. The van der Waals surface area contributed by atoms with E-state index in [-0.39, 0.29) is 24.0 Å². The predicted molar refractivity (Wildman–Crippen MR) is 98.8 cm³/mol. The van der Waals surface area contributed by atoms with Gasteiger partial charge in [0.05, 0.1) is 23.5 Å². The third kappa shape index (κ3) is 2.94. The lowest BCUT2D eigenvalue weighted by atomic mass is 10.2. The van der Waals surface area contributed by atoms with Crippen LogP contribution in [0.15, 0.2) is 45.7 Å². The maximum atomic E-state index is 14.3. The van der Waals surface area contributed by atoms with E-state index in [2.05, 4.69) is 36.4 Å². The van der Waals surface area contributed by atoms with E-state index in [1.54, 1.807) is 35.1 Å². The number of hydrogen-bond donors (Lipinski definition) is 2. The van der Waals surface area contributed by atoms with Gasteiger partial charge in [0.25, 0.3) is 5.89 Å². The van der Waals surface area contributed by atoms with E-state index >= 15 is 0 Å². The number of hydrogen-bond acceptors (Lipinski definition) is 6. The predicted octanol–water partition coefficient (Wildman–Crippen LogP) is 4.14. The summed E-state index contributed by atoms with van der Waals surface area (Å²) in [5.41, 5.74) is 7.18. The average Bonchev–Trinajstić information content (AvgIpc) is 3.28. The number of halogens is 3. The van der Waals surface area contributed by atoms with Gasteiger partial charge in [0, 0.05) is 23.1 Å². The van der Waals surface area contributed by atoms with Crippen LogP contribution < -0.4 is 11.1 Å². The van der Waals surface area contributed by atoms with E-state index in [1.165, 1.54) is 6.07 Å². The molecule has 0 aliphatic carbocycles. The molecule has 0 spiro atoms. The monoisotopic (exact) mass is 436 g/mol. The summed E-state index contributed by atoms with van der Waals surface area (Å²) >= 11 is 9.75. The zero-order valence-corrected chi connectivity index (χ0v) is 15.4. The first-order valence-corrected chi connectivity index (χ1v) is 8.64. The molecule has 0 radical (unpaired) electrons. The number of benzene rings is 1. The van der Waals surface area contributed by atoms with Gasteiger partial charge in [-0.1, -0.05) is 27.5 Å². The van der Waals surface area contributed by atoms with Gasteiger partial charge in [-0.15, -0.1) is 10.2 Å². The Balaban J connectivity index is 1.90. The van der Waals surface area contributed by atoms with Crippen LogP contribution in [-0.4, -0.2) is 19.6 Å². The molecule has 0 saturated heterocycles. The van der Waals surface area contributed by atoms with Crippen LogP contribution in [0, 0.1) is 5.82 Å². The molecule has 10 heteroatoms. The van der Waals surface area contributed by atoms with Gasteiger partial charge in [-0.25, -0.2) is 9.37 Å². The maximum Gasteiger partial charge on any atom is 0.251 e. The third-order valence-electron chi connectivity index (χ3n) is 3.68. The molecule has 7 nitrogen and oxygen atoms in total. The second-order valence-electron chi connectivity index (χ2n) is 5.34. The highest BCUT2D eigenvalue weighted by Crippen LogP contribution is 2.38. The SMILES string of the molecule is NCc1nnc(-c2cn3ccnc3c(Cl)c2Nc2ccc(Br)cc2F)o1. The first kappa shape index (κ1) is 17.0. The van der Waals surface area contributed by atoms with Gasteiger partial charge in [-0.2, -0.15) is 0 Å². The molecule has 0 saturated carbocycles. The van der Waals surface area contributed by atoms with Crippen molar-refractivity contribution in [1.82, 2.24) is 19.6 Å². The van der Waals surface area contributed by atoms with Crippen molar-refractivity contribution in [3.63, 3.8) is 0 Å². The number of nitrogens with one attached hydrogen (secondary N) is 1. The second-order valence-corrected chi connectivity index (χ2v) is 6.64. The molecule has 0 fully saturated rings. The van der Waals surface area contributed by atoms with Crippen molar-refractivity contribution in [3.8, 4) is 11.5 Å². The second kappa shape index (κ2) is 6.67. The van der Waals surface area contributed by atoms with Gasteiger partial charge < -0.3 is 19.9 Å². The number of anilines is 2. The fourth-order valence-corrected chi connectivity index (χ4v) is 3.10. The quantitative estimate of drug-likeness (QED) is 0.498. The molecular formula is C16H11BrClFN6O. The van der Waals surface area contributed by atoms with E-state index in [0.29, 0.717) is 26.4 Å². The molecule has 4 aromatic rings. The van der Waals surface area contributed by atoms with Gasteiger partial charge in [-0.3, -0.25) is 0 Å². The summed E-state index contributed by atoms with van der Waals surface area (Å²) in [6.45, 7) is 0.109. The summed E-state index contributed by atoms with van der Waals surface area (Å²) < 4.78 is 22.2. The molecule has 3 N–H and O–H groups in total. The molecule has 0 aliphatic heterocycles.